The fraction of sp³-hybridized carbons (Fsp3) is 0.750. The van der Waals surface area contributed by atoms with Crippen molar-refractivity contribution in [2.24, 2.45) is 11.8 Å². The van der Waals surface area contributed by atoms with Crippen LogP contribution in [0.2, 0.25) is 0 Å². The summed E-state index contributed by atoms with van der Waals surface area (Å²) in [6.45, 7) is 12.4. The van der Waals surface area contributed by atoms with Gasteiger partial charge < -0.3 is 9.88 Å². The van der Waals surface area contributed by atoms with Crippen molar-refractivity contribution in [1.82, 2.24) is 24.4 Å². The predicted octanol–water partition coefficient (Wildman–Crippen LogP) is 3.61. The van der Waals surface area contributed by atoms with Crippen LogP contribution in [-0.2, 0) is 24.3 Å². The van der Waals surface area contributed by atoms with E-state index in [1.807, 2.05) is 4.57 Å². The second-order valence-corrected chi connectivity index (χ2v) is 9.19. The van der Waals surface area contributed by atoms with Crippen LogP contribution in [0.5, 0.6) is 0 Å². The minimum absolute atomic E-state index is 0.000356. The molecule has 8 nitrogen and oxygen atoms in total. The molecule has 2 aromatic rings. The van der Waals surface area contributed by atoms with E-state index >= 15 is 0 Å². The monoisotopic (exact) mass is 447 g/mol. The molecule has 1 amide bonds. The van der Waals surface area contributed by atoms with Crippen molar-refractivity contribution in [3.05, 3.63) is 26.7 Å². The molecule has 0 saturated heterocycles. The van der Waals surface area contributed by atoms with Gasteiger partial charge in [0.15, 0.2) is 11.2 Å². The van der Waals surface area contributed by atoms with Gasteiger partial charge in [-0.2, -0.15) is 0 Å². The number of unbranched alkanes of at least 4 members (excludes halogenated alkanes) is 2. The van der Waals surface area contributed by atoms with Gasteiger partial charge in [-0.1, -0.05) is 60.3 Å². The molecule has 0 saturated carbocycles. The summed E-state index contributed by atoms with van der Waals surface area (Å²) >= 11 is 0. The van der Waals surface area contributed by atoms with Gasteiger partial charge in [0.2, 0.25) is 5.91 Å². The van der Waals surface area contributed by atoms with Gasteiger partial charge in [-0.05, 0) is 24.7 Å². The molecule has 180 valence electrons. The summed E-state index contributed by atoms with van der Waals surface area (Å²) in [5, 5.41) is 3.07. The lowest BCUT2D eigenvalue weighted by Gasteiger charge is -2.15. The first kappa shape index (κ1) is 25.9. The number of fused-ring (bicyclic) bond motifs is 1. The zero-order chi connectivity index (χ0) is 23.7. The molecule has 32 heavy (non-hydrogen) atoms. The number of aromatic amines is 1. The summed E-state index contributed by atoms with van der Waals surface area (Å²) in [6.07, 6.45) is 7.04. The molecule has 2 heterocycles. The van der Waals surface area contributed by atoms with E-state index in [0.29, 0.717) is 61.3 Å². The number of aromatic nitrogens is 4. The highest BCUT2D eigenvalue weighted by Crippen LogP contribution is 2.16. The zero-order valence-corrected chi connectivity index (χ0v) is 20.5. The van der Waals surface area contributed by atoms with Crippen LogP contribution < -0.4 is 16.6 Å². The molecule has 0 radical (unpaired) electrons. The Hall–Kier alpha value is -2.38. The first-order valence-electron chi connectivity index (χ1n) is 12.3. The maximum Gasteiger partial charge on any atom is 0.330 e. The number of hydrogen-bond donors (Lipinski definition) is 2. The van der Waals surface area contributed by atoms with Gasteiger partial charge in [0, 0.05) is 32.5 Å². The molecule has 0 spiro atoms. The van der Waals surface area contributed by atoms with Crippen molar-refractivity contribution in [3.63, 3.8) is 0 Å². The third kappa shape index (κ3) is 6.81. The van der Waals surface area contributed by atoms with E-state index in [4.69, 9.17) is 4.98 Å². The van der Waals surface area contributed by atoms with Crippen LogP contribution in [0.1, 0.15) is 85.4 Å². The van der Waals surface area contributed by atoms with Crippen molar-refractivity contribution in [1.29, 1.82) is 0 Å². The third-order valence-electron chi connectivity index (χ3n) is 5.95. The summed E-state index contributed by atoms with van der Waals surface area (Å²) in [4.78, 5) is 44.7. The fourth-order valence-corrected chi connectivity index (χ4v) is 4.01. The van der Waals surface area contributed by atoms with Gasteiger partial charge in [0.05, 0.1) is 0 Å². The second-order valence-electron chi connectivity index (χ2n) is 9.19. The summed E-state index contributed by atoms with van der Waals surface area (Å²) in [7, 11) is 0. The highest BCUT2D eigenvalue weighted by molar-refractivity contribution is 5.76. The van der Waals surface area contributed by atoms with Gasteiger partial charge >= 0.3 is 5.69 Å². The number of carbonyl (C=O) groups excluding carboxylic acids is 1. The molecule has 8 heteroatoms. The second kappa shape index (κ2) is 12.6. The lowest BCUT2D eigenvalue weighted by atomic mass is 9.99. The topological polar surface area (TPSA) is 102 Å². The quantitative estimate of drug-likeness (QED) is 0.462. The van der Waals surface area contributed by atoms with Gasteiger partial charge in [-0.25, -0.2) is 9.78 Å². The number of amides is 1. The number of H-pyrrole nitrogens is 1. The Morgan fingerprint density at radius 2 is 1.81 bits per heavy atom. The molecular formula is C24H41N5O3. The maximum absolute atomic E-state index is 12.7. The minimum atomic E-state index is -0.424. The third-order valence-corrected chi connectivity index (χ3v) is 5.95. The van der Waals surface area contributed by atoms with E-state index < -0.39 is 11.2 Å². The van der Waals surface area contributed by atoms with Crippen LogP contribution in [0.3, 0.4) is 0 Å². The first-order valence-corrected chi connectivity index (χ1v) is 12.3. The summed E-state index contributed by atoms with van der Waals surface area (Å²) in [5.74, 6) is 1.49. The average molecular weight is 448 g/mol. The molecule has 0 aliphatic heterocycles. The molecule has 0 bridgehead atoms. The largest absolute Gasteiger partial charge is 0.356 e. The number of imidazole rings is 1. The SMILES string of the molecule is CCCCC(CC)CNC(=O)CCc1nc2c(c(=O)[nH]c(=O)n2CCCC)n1CC(C)C. The van der Waals surface area contributed by atoms with E-state index in [1.165, 1.54) is 12.8 Å². The van der Waals surface area contributed by atoms with Crippen molar-refractivity contribution in [3.8, 4) is 0 Å². The summed E-state index contributed by atoms with van der Waals surface area (Å²) in [5.41, 5.74) is 0.0136. The van der Waals surface area contributed by atoms with Crippen LogP contribution in [-0.4, -0.2) is 31.6 Å². The number of nitrogens with one attached hydrogen (secondary N) is 2. The van der Waals surface area contributed by atoms with Gasteiger partial charge in [-0.3, -0.25) is 19.1 Å². The summed E-state index contributed by atoms with van der Waals surface area (Å²) in [6, 6.07) is 0. The van der Waals surface area contributed by atoms with Crippen LogP contribution in [0.4, 0.5) is 0 Å². The molecule has 0 fully saturated rings. The molecular weight excluding hydrogens is 406 g/mol. The Morgan fingerprint density at radius 3 is 2.44 bits per heavy atom. The van der Waals surface area contributed by atoms with Crippen LogP contribution in [0, 0.1) is 11.8 Å². The number of nitrogens with zero attached hydrogens (tertiary/aromatic N) is 3. The Bertz CT molecular complexity index is 986. The van der Waals surface area contributed by atoms with Gasteiger partial charge in [0.1, 0.15) is 5.82 Å². The highest BCUT2D eigenvalue weighted by Gasteiger charge is 2.20. The number of rotatable bonds is 14. The summed E-state index contributed by atoms with van der Waals surface area (Å²) < 4.78 is 3.45. The van der Waals surface area contributed by atoms with Crippen molar-refractivity contribution in [2.75, 3.05) is 6.54 Å². The normalized spacial score (nSPS) is 12.6. The van der Waals surface area contributed by atoms with E-state index in [9.17, 15) is 14.4 Å². The minimum Gasteiger partial charge on any atom is -0.356 e. The van der Waals surface area contributed by atoms with E-state index in [1.54, 1.807) is 4.57 Å². The molecule has 0 aliphatic carbocycles. The van der Waals surface area contributed by atoms with Crippen LogP contribution >= 0.6 is 0 Å². The zero-order valence-electron chi connectivity index (χ0n) is 20.5. The lowest BCUT2D eigenvalue weighted by Crippen LogP contribution is -2.31. The molecule has 1 unspecified atom stereocenters. The number of hydrogen-bond acceptors (Lipinski definition) is 4. The van der Waals surface area contributed by atoms with Gasteiger partial charge in [0.25, 0.3) is 5.56 Å². The van der Waals surface area contributed by atoms with Crippen molar-refractivity contribution in [2.45, 2.75) is 99.1 Å². The lowest BCUT2D eigenvalue weighted by molar-refractivity contribution is -0.121. The maximum atomic E-state index is 12.7. The Balaban J connectivity index is 2.24. The van der Waals surface area contributed by atoms with Gasteiger partial charge in [-0.15, -0.1) is 0 Å². The Kier molecular flexibility index (Phi) is 10.2. The molecule has 0 aliphatic rings. The Morgan fingerprint density at radius 1 is 1.09 bits per heavy atom. The molecule has 2 rings (SSSR count). The molecule has 2 N–H and O–H groups in total. The number of carbonyl (C=O) groups is 1. The van der Waals surface area contributed by atoms with E-state index in [-0.39, 0.29) is 5.91 Å². The number of aryl methyl sites for hydroxylation is 2. The first-order chi connectivity index (χ1) is 15.3. The predicted molar refractivity (Wildman–Crippen MR) is 129 cm³/mol. The highest BCUT2D eigenvalue weighted by atomic mass is 16.2. The standard InChI is InChI=1S/C24H41N5O3/c1-6-9-11-18(8-3)15-25-20(30)13-12-19-26-22-21(29(19)16-17(4)5)23(31)27-24(32)28(22)14-10-7-2/h17-18H,6-16H2,1-5H3,(H,25,30)(H,27,31,32). The average Bonchev–Trinajstić information content (AvgIpc) is 3.10. The van der Waals surface area contributed by atoms with Crippen LogP contribution in [0.15, 0.2) is 9.59 Å². The smallest absolute Gasteiger partial charge is 0.330 e. The molecule has 0 aromatic carbocycles. The van der Waals surface area contributed by atoms with E-state index in [2.05, 4.69) is 44.9 Å². The van der Waals surface area contributed by atoms with Crippen molar-refractivity contribution >= 4 is 17.1 Å². The Labute approximate surface area is 190 Å². The molecule has 1 atom stereocenters. The fourth-order valence-electron chi connectivity index (χ4n) is 4.01. The van der Waals surface area contributed by atoms with E-state index in [0.717, 1.165) is 25.7 Å². The molecule has 2 aromatic heterocycles. The van der Waals surface area contributed by atoms with Crippen LogP contribution in [0.25, 0.3) is 11.2 Å². The van der Waals surface area contributed by atoms with Crippen molar-refractivity contribution < 1.29 is 4.79 Å².